The van der Waals surface area contributed by atoms with Gasteiger partial charge in [0, 0.05) is 37.2 Å². The Bertz CT molecular complexity index is 683. The van der Waals surface area contributed by atoms with Crippen LogP contribution < -0.4 is 15.4 Å². The quantitative estimate of drug-likeness (QED) is 0.754. The molecule has 7 heteroatoms. The van der Waals surface area contributed by atoms with Crippen molar-refractivity contribution in [3.63, 3.8) is 0 Å². The first-order valence-corrected chi connectivity index (χ1v) is 9.78. The van der Waals surface area contributed by atoms with Gasteiger partial charge in [-0.15, -0.1) is 12.4 Å². The summed E-state index contributed by atoms with van der Waals surface area (Å²) in [7, 11) is 0. The Morgan fingerprint density at radius 3 is 2.93 bits per heavy atom. The van der Waals surface area contributed by atoms with Gasteiger partial charge in [0.15, 0.2) is 0 Å². The average Bonchev–Trinajstić information content (AvgIpc) is 2.91. The second-order valence-corrected chi connectivity index (χ2v) is 7.50. The van der Waals surface area contributed by atoms with Gasteiger partial charge in [0.1, 0.15) is 5.75 Å². The van der Waals surface area contributed by atoms with Gasteiger partial charge in [-0.2, -0.15) is 0 Å². The van der Waals surface area contributed by atoms with Gasteiger partial charge >= 0.3 is 0 Å². The molecule has 6 nitrogen and oxygen atoms in total. The minimum absolute atomic E-state index is 0. The van der Waals surface area contributed by atoms with Crippen molar-refractivity contribution in [2.45, 2.75) is 57.0 Å². The fourth-order valence-corrected chi connectivity index (χ4v) is 4.38. The van der Waals surface area contributed by atoms with Crippen molar-refractivity contribution in [1.82, 2.24) is 10.2 Å². The van der Waals surface area contributed by atoms with Crippen molar-refractivity contribution in [1.29, 1.82) is 0 Å². The SMILES string of the molecule is Cl.O=C1CCc2cc(OCCCC(=O)N3C4CCNCC3CC4)ccc2N1. The van der Waals surface area contributed by atoms with E-state index in [9.17, 15) is 9.59 Å². The van der Waals surface area contributed by atoms with Crippen LogP contribution in [0.4, 0.5) is 5.69 Å². The van der Waals surface area contributed by atoms with Crippen molar-refractivity contribution in [2.24, 2.45) is 0 Å². The van der Waals surface area contributed by atoms with Crippen LogP contribution in [0.15, 0.2) is 18.2 Å². The number of carbonyl (C=O) groups excluding carboxylic acids is 2. The van der Waals surface area contributed by atoms with E-state index in [1.807, 2.05) is 18.2 Å². The van der Waals surface area contributed by atoms with E-state index in [4.69, 9.17) is 4.74 Å². The number of fused-ring (bicyclic) bond motifs is 3. The number of hydrogen-bond acceptors (Lipinski definition) is 4. The maximum atomic E-state index is 12.6. The Labute approximate surface area is 166 Å². The summed E-state index contributed by atoms with van der Waals surface area (Å²) in [6.07, 6.45) is 5.92. The van der Waals surface area contributed by atoms with E-state index >= 15 is 0 Å². The van der Waals surface area contributed by atoms with Crippen LogP contribution >= 0.6 is 12.4 Å². The first kappa shape index (κ1) is 20.0. The van der Waals surface area contributed by atoms with Crippen molar-refractivity contribution >= 4 is 29.9 Å². The molecule has 2 bridgehead atoms. The predicted octanol–water partition coefficient (Wildman–Crippen LogP) is 2.50. The van der Waals surface area contributed by atoms with Crippen LogP contribution in [0.1, 0.15) is 44.1 Å². The van der Waals surface area contributed by atoms with Gasteiger partial charge in [-0.05, 0) is 62.4 Å². The Kier molecular flexibility index (Phi) is 6.60. The van der Waals surface area contributed by atoms with Crippen molar-refractivity contribution in [3.05, 3.63) is 23.8 Å². The Hall–Kier alpha value is -1.79. The van der Waals surface area contributed by atoms with Gasteiger partial charge < -0.3 is 20.3 Å². The average molecular weight is 394 g/mol. The summed E-state index contributed by atoms with van der Waals surface area (Å²) in [5.41, 5.74) is 2.00. The largest absolute Gasteiger partial charge is 0.494 e. The summed E-state index contributed by atoms with van der Waals surface area (Å²) in [4.78, 5) is 26.2. The first-order valence-electron chi connectivity index (χ1n) is 9.78. The minimum atomic E-state index is 0. The molecular weight excluding hydrogens is 366 g/mol. The first-order chi connectivity index (χ1) is 12.7. The van der Waals surface area contributed by atoms with Gasteiger partial charge in [0.05, 0.1) is 6.61 Å². The molecule has 3 aliphatic rings. The number of ether oxygens (including phenoxy) is 1. The lowest BCUT2D eigenvalue weighted by Crippen LogP contribution is -2.42. The van der Waals surface area contributed by atoms with E-state index in [2.05, 4.69) is 15.5 Å². The maximum Gasteiger partial charge on any atom is 0.224 e. The fraction of sp³-hybridized carbons (Fsp3) is 0.600. The van der Waals surface area contributed by atoms with Gasteiger partial charge in [0.2, 0.25) is 11.8 Å². The van der Waals surface area contributed by atoms with Crippen molar-refractivity contribution in [2.75, 3.05) is 25.0 Å². The third-order valence-electron chi connectivity index (χ3n) is 5.72. The zero-order chi connectivity index (χ0) is 17.9. The summed E-state index contributed by atoms with van der Waals surface area (Å²) >= 11 is 0. The highest BCUT2D eigenvalue weighted by molar-refractivity contribution is 5.94. The van der Waals surface area contributed by atoms with Crippen LogP contribution in [0.5, 0.6) is 5.75 Å². The van der Waals surface area contributed by atoms with Crippen LogP contribution in [-0.2, 0) is 16.0 Å². The van der Waals surface area contributed by atoms with Gasteiger partial charge in [0.25, 0.3) is 0 Å². The number of carbonyl (C=O) groups is 2. The molecule has 0 aliphatic carbocycles. The lowest BCUT2D eigenvalue weighted by atomic mass is 10.0. The molecule has 1 aromatic rings. The number of aryl methyl sites for hydroxylation is 1. The lowest BCUT2D eigenvalue weighted by Gasteiger charge is -2.28. The third-order valence-corrected chi connectivity index (χ3v) is 5.72. The molecule has 2 atom stereocenters. The molecule has 27 heavy (non-hydrogen) atoms. The second-order valence-electron chi connectivity index (χ2n) is 7.50. The number of rotatable bonds is 5. The Morgan fingerprint density at radius 2 is 2.04 bits per heavy atom. The number of amides is 2. The molecule has 2 unspecified atom stereocenters. The second kappa shape index (κ2) is 8.93. The molecule has 2 amide bonds. The minimum Gasteiger partial charge on any atom is -0.494 e. The number of benzene rings is 1. The van der Waals surface area contributed by atoms with Gasteiger partial charge in [-0.3, -0.25) is 9.59 Å². The smallest absolute Gasteiger partial charge is 0.224 e. The van der Waals surface area contributed by atoms with E-state index in [0.717, 1.165) is 62.2 Å². The molecule has 3 heterocycles. The topological polar surface area (TPSA) is 70.7 Å². The van der Waals surface area contributed by atoms with Crippen LogP contribution in [0.2, 0.25) is 0 Å². The highest BCUT2D eigenvalue weighted by Gasteiger charge is 2.37. The Morgan fingerprint density at radius 1 is 1.19 bits per heavy atom. The number of hydrogen-bond donors (Lipinski definition) is 2. The third kappa shape index (κ3) is 4.55. The highest BCUT2D eigenvalue weighted by Crippen LogP contribution is 2.29. The molecule has 2 saturated heterocycles. The number of nitrogens with one attached hydrogen (secondary N) is 2. The van der Waals surface area contributed by atoms with Crippen LogP contribution in [-0.4, -0.2) is 48.5 Å². The van der Waals surface area contributed by atoms with Crippen LogP contribution in [0, 0.1) is 0 Å². The maximum absolute atomic E-state index is 12.6. The molecule has 3 aliphatic heterocycles. The zero-order valence-corrected chi connectivity index (χ0v) is 16.4. The molecule has 0 radical (unpaired) electrons. The molecular formula is C20H28ClN3O3. The molecule has 0 spiro atoms. The number of halogens is 1. The fourth-order valence-electron chi connectivity index (χ4n) is 4.38. The number of nitrogens with zero attached hydrogens (tertiary/aromatic N) is 1. The summed E-state index contributed by atoms with van der Waals surface area (Å²) in [5, 5.41) is 6.31. The van der Waals surface area contributed by atoms with E-state index in [-0.39, 0.29) is 24.2 Å². The molecule has 148 valence electrons. The van der Waals surface area contributed by atoms with Gasteiger partial charge in [-0.25, -0.2) is 0 Å². The van der Waals surface area contributed by atoms with E-state index in [1.54, 1.807) is 0 Å². The van der Waals surface area contributed by atoms with E-state index in [1.165, 1.54) is 0 Å². The van der Waals surface area contributed by atoms with Crippen molar-refractivity contribution in [3.8, 4) is 5.75 Å². The summed E-state index contributed by atoms with van der Waals surface area (Å²) in [6, 6.07) is 6.59. The molecule has 2 fully saturated rings. The zero-order valence-electron chi connectivity index (χ0n) is 15.5. The predicted molar refractivity (Wildman–Crippen MR) is 107 cm³/mol. The lowest BCUT2D eigenvalue weighted by molar-refractivity contribution is -0.134. The summed E-state index contributed by atoms with van der Waals surface area (Å²) in [6.45, 7) is 2.50. The summed E-state index contributed by atoms with van der Waals surface area (Å²) < 4.78 is 5.83. The molecule has 2 N–H and O–H groups in total. The molecule has 4 rings (SSSR count). The molecule has 0 aromatic heterocycles. The number of anilines is 1. The van der Waals surface area contributed by atoms with Gasteiger partial charge in [-0.1, -0.05) is 0 Å². The van der Waals surface area contributed by atoms with Crippen LogP contribution in [0.25, 0.3) is 0 Å². The standard InChI is InChI=1S/C20H27N3O3.ClH/c24-19-8-3-14-12-17(6-7-18(14)22-19)26-11-1-2-20(25)23-15-4-5-16(23)13-21-10-9-15;/h6-7,12,15-16,21H,1-5,8-11,13H2,(H,22,24);1H. The monoisotopic (exact) mass is 393 g/mol. The van der Waals surface area contributed by atoms with E-state index in [0.29, 0.717) is 31.5 Å². The van der Waals surface area contributed by atoms with Crippen LogP contribution in [0.3, 0.4) is 0 Å². The molecule has 0 saturated carbocycles. The highest BCUT2D eigenvalue weighted by atomic mass is 35.5. The van der Waals surface area contributed by atoms with Crippen molar-refractivity contribution < 1.29 is 14.3 Å². The Balaban J connectivity index is 0.00000210. The normalized spacial score (nSPS) is 23.7. The van der Waals surface area contributed by atoms with E-state index < -0.39 is 0 Å². The summed E-state index contributed by atoms with van der Waals surface area (Å²) in [5.74, 6) is 1.16. The molecule has 1 aromatic carbocycles.